The van der Waals surface area contributed by atoms with E-state index in [9.17, 15) is 18.3 Å². The fourth-order valence-corrected chi connectivity index (χ4v) is 4.35. The van der Waals surface area contributed by atoms with E-state index in [1.807, 2.05) is 6.92 Å². The summed E-state index contributed by atoms with van der Waals surface area (Å²) in [6, 6.07) is 8.43. The second-order valence-electron chi connectivity index (χ2n) is 6.74. The molecule has 2 heterocycles. The zero-order chi connectivity index (χ0) is 19.8. The van der Waals surface area contributed by atoms with E-state index in [1.54, 1.807) is 24.3 Å². The van der Waals surface area contributed by atoms with Crippen molar-refractivity contribution >= 4 is 16.2 Å². The minimum Gasteiger partial charge on any atom is -0.478 e. The van der Waals surface area contributed by atoms with Crippen molar-refractivity contribution in [3.05, 3.63) is 47.4 Å². The Morgan fingerprint density at radius 2 is 1.96 bits per heavy atom. The number of hydrogen-bond donors (Lipinski definition) is 1. The lowest BCUT2D eigenvalue weighted by Gasteiger charge is -2.20. The molecule has 0 aliphatic carbocycles. The third-order valence-corrected chi connectivity index (χ3v) is 6.52. The molecule has 2 aromatic rings. The monoisotopic (exact) mass is 390 g/mol. The Hall–Kier alpha value is -2.36. The summed E-state index contributed by atoms with van der Waals surface area (Å²) in [7, 11) is -0.461. The quantitative estimate of drug-likeness (QED) is 0.834. The molecule has 1 aromatic carbocycles. The Balaban J connectivity index is 1.95. The number of carbonyl (C=O) groups is 1. The molecule has 1 N–H and O–H groups in total. The van der Waals surface area contributed by atoms with Crippen LogP contribution in [0, 0.1) is 6.92 Å². The average molecular weight is 390 g/mol. The van der Waals surface area contributed by atoms with Gasteiger partial charge in [-0.3, -0.25) is 0 Å². The summed E-state index contributed by atoms with van der Waals surface area (Å²) < 4.78 is 27.3. The molecule has 0 spiro atoms. The van der Waals surface area contributed by atoms with Gasteiger partial charge in [-0.1, -0.05) is 18.2 Å². The van der Waals surface area contributed by atoms with Gasteiger partial charge in [-0.2, -0.15) is 17.0 Å². The summed E-state index contributed by atoms with van der Waals surface area (Å²) in [6.07, 6.45) is 0.622. The average Bonchev–Trinajstić information content (AvgIpc) is 3.12. The summed E-state index contributed by atoms with van der Waals surface area (Å²) in [5.41, 5.74) is 1.94. The van der Waals surface area contributed by atoms with Crippen LogP contribution in [0.15, 0.2) is 30.3 Å². The second-order valence-corrected chi connectivity index (χ2v) is 8.88. The lowest BCUT2D eigenvalue weighted by atomic mass is 10.0. The molecule has 0 bridgehead atoms. The summed E-state index contributed by atoms with van der Waals surface area (Å²) in [6.45, 7) is 2.54. The standard InChI is InChI=1S/C18H22N4O4S/c1-12-10-16(14-6-4-5-7-15(14)18(23)24)20-17(19-12)13-8-9-22(11-13)27(25,26)21(2)3/h4-7,10,13H,8-9,11H2,1-3H3,(H,23,24)/t13-/m0/s1. The fraction of sp³-hybridized carbons (Fsp3) is 0.389. The van der Waals surface area contributed by atoms with Crippen LogP contribution in [0.2, 0.25) is 0 Å². The SMILES string of the molecule is Cc1cc(-c2ccccc2C(=O)O)nc([C@H]2CCN(S(=O)(=O)N(C)C)C2)n1. The maximum atomic E-state index is 12.3. The van der Waals surface area contributed by atoms with Gasteiger partial charge in [0.05, 0.1) is 11.3 Å². The highest BCUT2D eigenvalue weighted by atomic mass is 32.2. The van der Waals surface area contributed by atoms with Gasteiger partial charge in [0.25, 0.3) is 10.2 Å². The van der Waals surface area contributed by atoms with Crippen LogP contribution in [0.1, 0.15) is 34.2 Å². The van der Waals surface area contributed by atoms with E-state index in [2.05, 4.69) is 9.97 Å². The number of carboxylic acids is 1. The lowest BCUT2D eigenvalue weighted by molar-refractivity contribution is 0.0697. The summed E-state index contributed by atoms with van der Waals surface area (Å²) >= 11 is 0. The van der Waals surface area contributed by atoms with Crippen LogP contribution < -0.4 is 0 Å². The van der Waals surface area contributed by atoms with E-state index in [0.717, 1.165) is 0 Å². The topological polar surface area (TPSA) is 104 Å². The van der Waals surface area contributed by atoms with Crippen molar-refractivity contribution < 1.29 is 18.3 Å². The van der Waals surface area contributed by atoms with Gasteiger partial charge in [0.1, 0.15) is 5.82 Å². The largest absolute Gasteiger partial charge is 0.478 e. The van der Waals surface area contributed by atoms with Crippen LogP contribution in [0.3, 0.4) is 0 Å². The molecule has 0 amide bonds. The molecule has 27 heavy (non-hydrogen) atoms. The van der Waals surface area contributed by atoms with Gasteiger partial charge in [-0.15, -0.1) is 0 Å². The summed E-state index contributed by atoms with van der Waals surface area (Å²) in [5, 5.41) is 9.43. The van der Waals surface area contributed by atoms with Crippen molar-refractivity contribution in [2.45, 2.75) is 19.3 Å². The molecule has 0 saturated carbocycles. The molecular weight excluding hydrogens is 368 g/mol. The molecule has 1 aliphatic heterocycles. The minimum absolute atomic E-state index is 0.129. The van der Waals surface area contributed by atoms with Gasteiger partial charge in [-0.05, 0) is 25.5 Å². The molecule has 3 rings (SSSR count). The van der Waals surface area contributed by atoms with E-state index < -0.39 is 16.2 Å². The Labute approximate surface area is 158 Å². The lowest BCUT2D eigenvalue weighted by Crippen LogP contribution is -2.38. The molecule has 0 radical (unpaired) electrons. The molecule has 1 aromatic heterocycles. The van der Waals surface area contributed by atoms with Gasteiger partial charge in [0.15, 0.2) is 0 Å². The Bertz CT molecular complexity index is 975. The number of aromatic carboxylic acids is 1. The van der Waals surface area contributed by atoms with Crippen LogP contribution >= 0.6 is 0 Å². The third kappa shape index (κ3) is 3.85. The minimum atomic E-state index is -3.47. The van der Waals surface area contributed by atoms with Gasteiger partial charge in [0, 0.05) is 44.4 Å². The third-order valence-electron chi connectivity index (χ3n) is 4.61. The number of nitrogens with zero attached hydrogens (tertiary/aromatic N) is 4. The first-order chi connectivity index (χ1) is 12.7. The van der Waals surface area contributed by atoms with E-state index in [0.29, 0.717) is 42.3 Å². The van der Waals surface area contributed by atoms with Crippen molar-refractivity contribution in [3.8, 4) is 11.3 Å². The number of rotatable bonds is 5. The highest BCUT2D eigenvalue weighted by Crippen LogP contribution is 2.30. The molecule has 9 heteroatoms. The van der Waals surface area contributed by atoms with E-state index in [-0.39, 0.29) is 11.5 Å². The van der Waals surface area contributed by atoms with Crippen molar-refractivity contribution in [2.75, 3.05) is 27.2 Å². The molecule has 8 nitrogen and oxygen atoms in total. The second kappa shape index (κ2) is 7.34. The van der Waals surface area contributed by atoms with Gasteiger partial charge in [0.2, 0.25) is 0 Å². The van der Waals surface area contributed by atoms with Crippen LogP contribution in [0.5, 0.6) is 0 Å². The first-order valence-electron chi connectivity index (χ1n) is 8.56. The zero-order valence-corrected chi connectivity index (χ0v) is 16.3. The van der Waals surface area contributed by atoms with E-state index >= 15 is 0 Å². The maximum Gasteiger partial charge on any atom is 0.336 e. The van der Waals surface area contributed by atoms with Gasteiger partial charge >= 0.3 is 5.97 Å². The van der Waals surface area contributed by atoms with E-state index in [1.165, 1.54) is 28.8 Å². The Morgan fingerprint density at radius 3 is 2.63 bits per heavy atom. The van der Waals surface area contributed by atoms with Crippen LogP contribution in [0.25, 0.3) is 11.3 Å². The number of hydrogen-bond acceptors (Lipinski definition) is 5. The molecule has 1 aliphatic rings. The highest BCUT2D eigenvalue weighted by Gasteiger charge is 2.35. The normalized spacial score (nSPS) is 18.1. The molecule has 144 valence electrons. The predicted molar refractivity (Wildman–Crippen MR) is 101 cm³/mol. The fourth-order valence-electron chi connectivity index (χ4n) is 3.18. The van der Waals surface area contributed by atoms with Crippen molar-refractivity contribution in [2.24, 2.45) is 0 Å². The predicted octanol–water partition coefficient (Wildman–Crippen LogP) is 1.75. The van der Waals surface area contributed by atoms with Crippen LogP contribution in [0.4, 0.5) is 0 Å². The van der Waals surface area contributed by atoms with Crippen molar-refractivity contribution in [1.29, 1.82) is 0 Å². The maximum absolute atomic E-state index is 12.3. The number of benzene rings is 1. The van der Waals surface area contributed by atoms with Gasteiger partial charge < -0.3 is 5.11 Å². The zero-order valence-electron chi connectivity index (χ0n) is 15.5. The smallest absolute Gasteiger partial charge is 0.336 e. The molecule has 1 saturated heterocycles. The van der Waals surface area contributed by atoms with E-state index in [4.69, 9.17) is 0 Å². The Kier molecular flexibility index (Phi) is 5.27. The molecule has 1 atom stereocenters. The van der Waals surface area contributed by atoms with Crippen LogP contribution in [-0.2, 0) is 10.2 Å². The van der Waals surface area contributed by atoms with Crippen LogP contribution in [-0.4, -0.2) is 65.3 Å². The molecule has 1 fully saturated rings. The number of carboxylic acid groups (broad SMARTS) is 1. The summed E-state index contributed by atoms with van der Waals surface area (Å²) in [5.74, 6) is -0.607. The molecule has 0 unspecified atom stereocenters. The molecular formula is C18H22N4O4S. The first-order valence-corrected chi connectivity index (χ1v) is 9.95. The van der Waals surface area contributed by atoms with Gasteiger partial charge in [-0.25, -0.2) is 14.8 Å². The Morgan fingerprint density at radius 1 is 1.26 bits per heavy atom. The highest BCUT2D eigenvalue weighted by molar-refractivity contribution is 7.86. The number of aryl methyl sites for hydroxylation is 1. The van der Waals surface area contributed by atoms with Crippen molar-refractivity contribution in [3.63, 3.8) is 0 Å². The van der Waals surface area contributed by atoms with Crippen molar-refractivity contribution in [1.82, 2.24) is 18.6 Å². The first kappa shape index (κ1) is 19.4. The number of aromatic nitrogens is 2. The summed E-state index contributed by atoms with van der Waals surface area (Å²) in [4.78, 5) is 20.6.